The molecule has 4 heterocycles. The van der Waals surface area contributed by atoms with E-state index in [1.165, 1.54) is 4.31 Å². The average molecular weight is 541 g/mol. The number of fused-ring (bicyclic) bond motifs is 1. The fourth-order valence-corrected chi connectivity index (χ4v) is 6.63. The summed E-state index contributed by atoms with van der Waals surface area (Å²) in [6.45, 7) is 5.11. The van der Waals surface area contributed by atoms with Crippen molar-refractivity contribution in [2.24, 2.45) is 13.0 Å². The number of nitrogens with one attached hydrogen (secondary N) is 2. The molecule has 1 saturated heterocycles. The van der Waals surface area contributed by atoms with E-state index in [-0.39, 0.29) is 16.3 Å². The number of aromatic amines is 2. The molecule has 13 heteroatoms. The van der Waals surface area contributed by atoms with Crippen molar-refractivity contribution >= 4 is 21.1 Å². The molecule has 0 spiro atoms. The van der Waals surface area contributed by atoms with Crippen LogP contribution in [0.2, 0.25) is 0 Å². The van der Waals surface area contributed by atoms with Crippen LogP contribution in [-0.4, -0.2) is 67.6 Å². The Morgan fingerprint density at radius 3 is 2.66 bits per heavy atom. The third-order valence-electron chi connectivity index (χ3n) is 7.01. The molecule has 1 aliphatic heterocycles. The molecular weight excluding hydrogens is 508 g/mol. The zero-order valence-electron chi connectivity index (χ0n) is 21.8. The van der Waals surface area contributed by atoms with Gasteiger partial charge in [-0.15, -0.1) is 5.10 Å². The van der Waals surface area contributed by atoms with Crippen LogP contribution >= 0.6 is 0 Å². The third kappa shape index (κ3) is 4.95. The van der Waals surface area contributed by atoms with Gasteiger partial charge in [0.1, 0.15) is 22.9 Å². The Labute approximate surface area is 220 Å². The predicted molar refractivity (Wildman–Crippen MR) is 141 cm³/mol. The molecule has 5 rings (SSSR count). The Bertz CT molecular complexity index is 1590. The Balaban J connectivity index is 1.48. The van der Waals surface area contributed by atoms with E-state index in [1.54, 1.807) is 22.8 Å². The van der Waals surface area contributed by atoms with Crippen LogP contribution in [0.4, 0.5) is 0 Å². The molecule has 0 aliphatic carbocycles. The molecule has 12 nitrogen and oxygen atoms in total. The second kappa shape index (κ2) is 10.7. The van der Waals surface area contributed by atoms with Gasteiger partial charge in [0, 0.05) is 32.8 Å². The van der Waals surface area contributed by atoms with Crippen molar-refractivity contribution in [3.63, 3.8) is 0 Å². The van der Waals surface area contributed by atoms with Crippen LogP contribution < -0.4 is 10.3 Å². The van der Waals surface area contributed by atoms with Crippen molar-refractivity contribution in [2.75, 3.05) is 19.7 Å². The minimum atomic E-state index is -3.77. The van der Waals surface area contributed by atoms with Crippen LogP contribution in [0.5, 0.6) is 5.75 Å². The summed E-state index contributed by atoms with van der Waals surface area (Å²) in [5.41, 5.74) is 2.24. The lowest BCUT2D eigenvalue weighted by Gasteiger charge is -2.31. The quantitative estimate of drug-likeness (QED) is 0.328. The van der Waals surface area contributed by atoms with E-state index in [0.29, 0.717) is 73.0 Å². The lowest BCUT2D eigenvalue weighted by Crippen LogP contribution is -2.39. The molecule has 0 radical (unpaired) electrons. The third-order valence-corrected chi connectivity index (χ3v) is 8.90. The second-order valence-electron chi connectivity index (χ2n) is 9.62. The summed E-state index contributed by atoms with van der Waals surface area (Å²) in [5.74, 6) is 1.75. The first-order valence-corrected chi connectivity index (χ1v) is 14.3. The number of ether oxygens (including phenoxy) is 1. The first-order valence-electron chi connectivity index (χ1n) is 12.9. The van der Waals surface area contributed by atoms with Crippen LogP contribution in [0.15, 0.2) is 34.1 Å². The molecule has 1 aliphatic rings. The Morgan fingerprint density at radius 1 is 1.18 bits per heavy atom. The molecule has 38 heavy (non-hydrogen) atoms. The molecule has 202 valence electrons. The fraction of sp³-hybridized carbons (Fsp3) is 0.480. The fourth-order valence-electron chi connectivity index (χ4n) is 5.13. The maximum Gasteiger partial charge on any atom is 0.275 e. The first-order chi connectivity index (χ1) is 18.3. The van der Waals surface area contributed by atoms with Crippen molar-refractivity contribution in [1.29, 1.82) is 0 Å². The molecule has 1 fully saturated rings. The number of hydrogen-bond acceptors (Lipinski definition) is 8. The van der Waals surface area contributed by atoms with Gasteiger partial charge in [-0.3, -0.25) is 4.79 Å². The van der Waals surface area contributed by atoms with Crippen molar-refractivity contribution < 1.29 is 13.2 Å². The normalized spacial score (nSPS) is 15.3. The van der Waals surface area contributed by atoms with E-state index in [4.69, 9.17) is 9.72 Å². The predicted octanol–water partition coefficient (Wildman–Crippen LogP) is 2.44. The summed E-state index contributed by atoms with van der Waals surface area (Å²) in [5, 5.41) is 13.9. The van der Waals surface area contributed by atoms with Crippen LogP contribution in [-0.2, 0) is 29.9 Å². The highest BCUT2D eigenvalue weighted by Crippen LogP contribution is 2.33. The van der Waals surface area contributed by atoms with E-state index < -0.39 is 10.0 Å². The maximum atomic E-state index is 13.6. The summed E-state index contributed by atoms with van der Waals surface area (Å²) in [4.78, 5) is 20.8. The van der Waals surface area contributed by atoms with Crippen LogP contribution in [0.1, 0.15) is 44.5 Å². The number of hydrogen-bond donors (Lipinski definition) is 2. The van der Waals surface area contributed by atoms with E-state index in [0.717, 1.165) is 18.4 Å². The average Bonchev–Trinajstić information content (AvgIpc) is 3.52. The number of aryl methyl sites for hydroxylation is 2. The molecule has 4 aromatic rings. The number of nitrogens with zero attached hydrogens (tertiary/aromatic N) is 6. The van der Waals surface area contributed by atoms with Gasteiger partial charge in [-0.1, -0.05) is 13.3 Å². The zero-order valence-corrected chi connectivity index (χ0v) is 22.6. The topological polar surface area (TPSA) is 152 Å². The number of H-pyrrole nitrogens is 2. The van der Waals surface area contributed by atoms with Gasteiger partial charge in [-0.05, 0) is 66.3 Å². The minimum absolute atomic E-state index is 0.137. The number of piperidine rings is 1. The van der Waals surface area contributed by atoms with Gasteiger partial charge in [-0.25, -0.2) is 18.5 Å². The molecule has 0 atom stereocenters. The summed E-state index contributed by atoms with van der Waals surface area (Å²) < 4.78 is 36.4. The molecule has 2 N–H and O–H groups in total. The SMILES string of the molecule is CCCc1cn(C)c2c(=O)[nH]c(-c3cc(S(=O)(=O)N4CCC(Cc5nnn[nH]5)CC4)ccc3OCC)nc12. The van der Waals surface area contributed by atoms with Crippen molar-refractivity contribution in [2.45, 2.75) is 50.8 Å². The summed E-state index contributed by atoms with van der Waals surface area (Å²) in [7, 11) is -1.95. The van der Waals surface area contributed by atoms with Crippen LogP contribution in [0, 0.1) is 5.92 Å². The molecule has 0 amide bonds. The number of tetrazole rings is 1. The largest absolute Gasteiger partial charge is 0.493 e. The number of rotatable bonds is 9. The number of sulfonamides is 1. The smallest absolute Gasteiger partial charge is 0.275 e. The van der Waals surface area contributed by atoms with E-state index >= 15 is 0 Å². The van der Waals surface area contributed by atoms with Crippen molar-refractivity contribution in [1.82, 2.24) is 39.5 Å². The minimum Gasteiger partial charge on any atom is -0.493 e. The summed E-state index contributed by atoms with van der Waals surface area (Å²) in [6, 6.07) is 4.74. The Kier molecular flexibility index (Phi) is 7.30. The van der Waals surface area contributed by atoms with Gasteiger partial charge < -0.3 is 14.3 Å². The highest BCUT2D eigenvalue weighted by molar-refractivity contribution is 7.89. The number of benzene rings is 1. The van der Waals surface area contributed by atoms with Gasteiger partial charge in [0.15, 0.2) is 0 Å². The molecule has 3 aromatic heterocycles. The van der Waals surface area contributed by atoms with Gasteiger partial charge in [0.2, 0.25) is 10.0 Å². The summed E-state index contributed by atoms with van der Waals surface area (Å²) in [6.07, 6.45) is 5.73. The maximum absolute atomic E-state index is 13.6. The molecule has 1 aromatic carbocycles. The lowest BCUT2D eigenvalue weighted by molar-refractivity contribution is 0.270. The van der Waals surface area contributed by atoms with Gasteiger partial charge in [0.05, 0.1) is 22.6 Å². The standard InChI is InChI=1S/C25H32N8O4S/c1-4-6-17-15-32(3)23-22(17)26-24(27-25(23)34)19-14-18(7-8-20(19)37-5-2)38(35,36)33-11-9-16(10-12-33)13-21-28-30-31-29-21/h7-8,14-16H,4-6,9-13H2,1-3H3,(H,26,27,34)(H,28,29,30,31). The second-order valence-corrected chi connectivity index (χ2v) is 11.6. The van der Waals surface area contributed by atoms with Gasteiger partial charge in [0.25, 0.3) is 5.56 Å². The van der Waals surface area contributed by atoms with Crippen molar-refractivity contribution in [3.8, 4) is 17.1 Å². The lowest BCUT2D eigenvalue weighted by atomic mass is 9.94. The summed E-state index contributed by atoms with van der Waals surface area (Å²) >= 11 is 0. The van der Waals surface area contributed by atoms with Crippen molar-refractivity contribution in [3.05, 3.63) is 46.1 Å². The van der Waals surface area contributed by atoms with E-state index in [2.05, 4.69) is 32.5 Å². The molecule has 0 saturated carbocycles. The van der Waals surface area contributed by atoms with E-state index in [1.807, 2.05) is 20.2 Å². The molecular formula is C25H32N8O4S. The molecule has 0 unspecified atom stereocenters. The number of aromatic nitrogens is 7. The van der Waals surface area contributed by atoms with Crippen LogP contribution in [0.25, 0.3) is 22.4 Å². The highest BCUT2D eigenvalue weighted by Gasteiger charge is 2.31. The van der Waals surface area contributed by atoms with Gasteiger partial charge in [-0.2, -0.15) is 4.31 Å². The zero-order chi connectivity index (χ0) is 26.9. The van der Waals surface area contributed by atoms with Gasteiger partial charge >= 0.3 is 0 Å². The Morgan fingerprint density at radius 2 is 1.97 bits per heavy atom. The first kappa shape index (κ1) is 26.0. The Hall–Kier alpha value is -3.58. The van der Waals surface area contributed by atoms with E-state index in [9.17, 15) is 13.2 Å². The van der Waals surface area contributed by atoms with Crippen LogP contribution in [0.3, 0.4) is 0 Å². The monoisotopic (exact) mass is 540 g/mol. The molecule has 0 bridgehead atoms. The highest BCUT2D eigenvalue weighted by atomic mass is 32.2.